The van der Waals surface area contributed by atoms with Crippen LogP contribution in [0, 0.1) is 40.4 Å². The molecule has 7 atom stereocenters. The van der Waals surface area contributed by atoms with E-state index in [9.17, 15) is 9.59 Å². The minimum Gasteiger partial charge on any atom is -0.463 e. The van der Waals surface area contributed by atoms with Crippen LogP contribution in [0.1, 0.15) is 79.1 Å². The molecule has 0 unspecified atom stereocenters. The van der Waals surface area contributed by atoms with Crippen molar-refractivity contribution in [2.75, 3.05) is 6.61 Å². The Bertz CT molecular complexity index is 734. The summed E-state index contributed by atoms with van der Waals surface area (Å²) in [4.78, 5) is 23.8. The number of fused-ring (bicyclic) bond motifs is 5. The highest BCUT2D eigenvalue weighted by Gasteiger charge is 2.59. The Morgan fingerprint density at radius 2 is 1.97 bits per heavy atom. The van der Waals surface area contributed by atoms with E-state index >= 15 is 0 Å². The number of ketones is 1. The summed E-state index contributed by atoms with van der Waals surface area (Å²) in [5.41, 5.74) is 2.09. The Hall–Kier alpha value is -1.38. The molecule has 0 N–H and O–H groups in total. The number of rotatable bonds is 4. The molecule has 3 fully saturated rings. The van der Waals surface area contributed by atoms with E-state index < -0.39 is 0 Å². The summed E-state index contributed by atoms with van der Waals surface area (Å²) >= 11 is 0. The van der Waals surface area contributed by atoms with Gasteiger partial charge in [0, 0.05) is 12.5 Å². The first-order valence-electron chi connectivity index (χ1n) is 11.9. The van der Waals surface area contributed by atoms with Crippen LogP contribution in [0.15, 0.2) is 23.8 Å². The van der Waals surface area contributed by atoms with Crippen molar-refractivity contribution >= 4 is 11.8 Å². The molecule has 3 heteroatoms. The molecular formula is C26H38O3. The van der Waals surface area contributed by atoms with Crippen LogP contribution in [0.5, 0.6) is 0 Å². The molecule has 0 bridgehead atoms. The molecule has 3 nitrogen and oxygen atoms in total. The molecule has 4 aliphatic rings. The maximum absolute atomic E-state index is 12.0. The summed E-state index contributed by atoms with van der Waals surface area (Å²) in [5, 5.41) is 0. The predicted octanol–water partition coefficient (Wildman–Crippen LogP) is 5.89. The third kappa shape index (κ3) is 3.43. The number of hydrogen-bond acceptors (Lipinski definition) is 3. The third-order valence-electron chi connectivity index (χ3n) is 9.49. The lowest BCUT2D eigenvalue weighted by atomic mass is 9.46. The fourth-order valence-electron chi connectivity index (χ4n) is 8.02. The monoisotopic (exact) mass is 398 g/mol. The molecule has 0 aromatic carbocycles. The van der Waals surface area contributed by atoms with Crippen LogP contribution in [0.2, 0.25) is 0 Å². The summed E-state index contributed by atoms with van der Waals surface area (Å²) in [5.74, 6) is 3.53. The molecule has 0 radical (unpaired) electrons. The number of carbonyl (C=O) groups excluding carboxylic acids is 2. The van der Waals surface area contributed by atoms with Crippen LogP contribution in [0.4, 0.5) is 0 Å². The quantitative estimate of drug-likeness (QED) is 0.438. The maximum atomic E-state index is 12.0. The zero-order chi connectivity index (χ0) is 20.8. The fourth-order valence-corrected chi connectivity index (χ4v) is 8.02. The van der Waals surface area contributed by atoms with E-state index in [-0.39, 0.29) is 11.4 Å². The van der Waals surface area contributed by atoms with Gasteiger partial charge in [-0.3, -0.25) is 4.79 Å². The second-order valence-electron chi connectivity index (χ2n) is 10.7. The fraction of sp³-hybridized carbons (Fsp3) is 0.769. The molecule has 160 valence electrons. The van der Waals surface area contributed by atoms with Gasteiger partial charge < -0.3 is 4.74 Å². The van der Waals surface area contributed by atoms with Gasteiger partial charge in [0.15, 0.2) is 5.78 Å². The van der Waals surface area contributed by atoms with Crippen LogP contribution in [0.3, 0.4) is 0 Å². The molecule has 0 aliphatic heterocycles. The van der Waals surface area contributed by atoms with Crippen LogP contribution in [-0.2, 0) is 14.3 Å². The van der Waals surface area contributed by atoms with Gasteiger partial charge in [0.2, 0.25) is 0 Å². The van der Waals surface area contributed by atoms with E-state index in [0.717, 1.165) is 37.0 Å². The van der Waals surface area contributed by atoms with Gasteiger partial charge in [-0.05, 0) is 98.4 Å². The molecule has 4 rings (SSSR count). The smallest absolute Gasteiger partial charge is 0.330 e. The highest BCUT2D eigenvalue weighted by Crippen LogP contribution is 2.67. The van der Waals surface area contributed by atoms with E-state index in [1.165, 1.54) is 37.7 Å². The number of esters is 1. The van der Waals surface area contributed by atoms with Gasteiger partial charge >= 0.3 is 5.97 Å². The van der Waals surface area contributed by atoms with Crippen molar-refractivity contribution in [1.82, 2.24) is 0 Å². The van der Waals surface area contributed by atoms with Crippen LogP contribution in [-0.4, -0.2) is 18.4 Å². The van der Waals surface area contributed by atoms with Crippen molar-refractivity contribution in [1.29, 1.82) is 0 Å². The number of hydrogen-bond donors (Lipinski definition) is 0. The molecule has 0 saturated heterocycles. The lowest BCUT2D eigenvalue weighted by Gasteiger charge is -2.58. The SMILES string of the molecule is CCOC(=O)C=C[C@@H](C)[C@H]1CC[C@H]2[C@@H]3CCC4=CC(=O)CC[C@]4(C)[C@H]3CC[C@]12C. The number of carbonyl (C=O) groups is 2. The van der Waals surface area contributed by atoms with E-state index in [1.54, 1.807) is 6.08 Å². The summed E-state index contributed by atoms with van der Waals surface area (Å²) in [6.45, 7) is 9.57. The van der Waals surface area contributed by atoms with Crippen molar-refractivity contribution < 1.29 is 14.3 Å². The van der Waals surface area contributed by atoms with Crippen LogP contribution < -0.4 is 0 Å². The Kier molecular flexibility index (Phi) is 5.55. The Morgan fingerprint density at radius 3 is 2.72 bits per heavy atom. The van der Waals surface area contributed by atoms with Gasteiger partial charge in [0.25, 0.3) is 0 Å². The van der Waals surface area contributed by atoms with E-state index in [1.807, 2.05) is 13.0 Å². The highest BCUT2D eigenvalue weighted by molar-refractivity contribution is 5.91. The summed E-state index contributed by atoms with van der Waals surface area (Å²) < 4.78 is 5.07. The normalized spacial score (nSPS) is 42.6. The Labute approximate surface area is 176 Å². The lowest BCUT2D eigenvalue weighted by molar-refractivity contribution is -0.137. The van der Waals surface area contributed by atoms with Gasteiger partial charge in [-0.15, -0.1) is 0 Å². The van der Waals surface area contributed by atoms with Crippen molar-refractivity contribution in [3.63, 3.8) is 0 Å². The number of ether oxygens (including phenoxy) is 1. The van der Waals surface area contributed by atoms with E-state index in [4.69, 9.17) is 4.74 Å². The topological polar surface area (TPSA) is 43.4 Å². The predicted molar refractivity (Wildman–Crippen MR) is 115 cm³/mol. The summed E-state index contributed by atoms with van der Waals surface area (Å²) in [6, 6.07) is 0. The first-order valence-corrected chi connectivity index (χ1v) is 11.9. The summed E-state index contributed by atoms with van der Waals surface area (Å²) in [6.07, 6.45) is 15.1. The second kappa shape index (κ2) is 7.71. The molecule has 0 aromatic rings. The first kappa shape index (κ1) is 20.9. The van der Waals surface area contributed by atoms with Gasteiger partial charge in [0.1, 0.15) is 0 Å². The zero-order valence-electron chi connectivity index (χ0n) is 18.7. The van der Waals surface area contributed by atoms with Gasteiger partial charge in [-0.25, -0.2) is 4.79 Å². The molecule has 29 heavy (non-hydrogen) atoms. The van der Waals surface area contributed by atoms with Gasteiger partial charge in [-0.1, -0.05) is 32.4 Å². The summed E-state index contributed by atoms with van der Waals surface area (Å²) in [7, 11) is 0. The minimum absolute atomic E-state index is 0.214. The van der Waals surface area contributed by atoms with Crippen molar-refractivity contribution in [2.45, 2.75) is 79.1 Å². The standard InChI is InChI=1S/C26H38O3/c1-5-29-24(28)11-6-17(2)21-9-10-22-20-8-7-18-16-19(27)12-14-25(18,3)23(20)13-15-26(21,22)4/h6,11,16-17,20-23H,5,7-10,12-15H2,1-4H3/t17-,20+,21-,22+,23+,25+,26-/m1/s1. The minimum atomic E-state index is -0.214. The third-order valence-corrected chi connectivity index (χ3v) is 9.49. The number of allylic oxidation sites excluding steroid dienone is 2. The molecule has 4 aliphatic carbocycles. The van der Waals surface area contributed by atoms with Gasteiger partial charge in [-0.2, -0.15) is 0 Å². The largest absolute Gasteiger partial charge is 0.463 e. The first-order chi connectivity index (χ1) is 13.8. The second-order valence-corrected chi connectivity index (χ2v) is 10.7. The van der Waals surface area contributed by atoms with E-state index in [2.05, 4.69) is 26.8 Å². The van der Waals surface area contributed by atoms with Crippen LogP contribution >= 0.6 is 0 Å². The maximum Gasteiger partial charge on any atom is 0.330 e. The molecule has 3 saturated carbocycles. The zero-order valence-corrected chi connectivity index (χ0v) is 18.7. The highest BCUT2D eigenvalue weighted by atomic mass is 16.5. The van der Waals surface area contributed by atoms with Gasteiger partial charge in [0.05, 0.1) is 6.61 Å². The molecule has 0 heterocycles. The Morgan fingerprint density at radius 1 is 1.17 bits per heavy atom. The van der Waals surface area contributed by atoms with Crippen molar-refractivity contribution in [2.24, 2.45) is 40.4 Å². The van der Waals surface area contributed by atoms with E-state index in [0.29, 0.717) is 29.6 Å². The average molecular weight is 399 g/mol. The Balaban J connectivity index is 1.52. The van der Waals surface area contributed by atoms with Crippen LogP contribution in [0.25, 0.3) is 0 Å². The van der Waals surface area contributed by atoms with Crippen molar-refractivity contribution in [3.8, 4) is 0 Å². The molecule has 0 aromatic heterocycles. The van der Waals surface area contributed by atoms with Crippen molar-refractivity contribution in [3.05, 3.63) is 23.8 Å². The molecule has 0 amide bonds. The average Bonchev–Trinajstić information content (AvgIpc) is 3.04. The molecule has 0 spiro atoms. The lowest BCUT2D eigenvalue weighted by Crippen LogP contribution is -2.50. The molecular weight excluding hydrogens is 360 g/mol.